The minimum absolute atomic E-state index is 0.0342. The Kier molecular flexibility index (Phi) is 5.80. The lowest BCUT2D eigenvalue weighted by Gasteiger charge is -2.13. The van der Waals surface area contributed by atoms with E-state index in [0.29, 0.717) is 11.4 Å². The number of benzene rings is 1. The molecule has 1 aromatic carbocycles. The molecule has 1 aromatic rings. The molecule has 0 spiro atoms. The number of allylic oxidation sites excluding steroid dienone is 1. The van der Waals surface area contributed by atoms with Gasteiger partial charge >= 0.3 is 0 Å². The van der Waals surface area contributed by atoms with Gasteiger partial charge in [0.2, 0.25) is 5.91 Å². The highest BCUT2D eigenvalue weighted by molar-refractivity contribution is 5.95. The molecule has 0 aliphatic carbocycles. The van der Waals surface area contributed by atoms with Crippen molar-refractivity contribution in [2.75, 3.05) is 10.6 Å². The van der Waals surface area contributed by atoms with Crippen LogP contribution >= 0.6 is 0 Å². The average molecular weight is 268 g/mol. The number of para-hydroxylation sites is 2. The summed E-state index contributed by atoms with van der Waals surface area (Å²) in [5.41, 5.74) is 1.21. The van der Waals surface area contributed by atoms with Gasteiger partial charge in [0.1, 0.15) is 17.7 Å². The van der Waals surface area contributed by atoms with Crippen LogP contribution in [-0.4, -0.2) is 5.91 Å². The van der Waals surface area contributed by atoms with Crippen molar-refractivity contribution in [3.05, 3.63) is 36.0 Å². The Bertz CT molecular complexity index is 577. The lowest BCUT2D eigenvalue weighted by Crippen LogP contribution is -2.20. The molecular formula is C15H16N4O. The van der Waals surface area contributed by atoms with Crippen LogP contribution in [0.5, 0.6) is 0 Å². The molecule has 20 heavy (non-hydrogen) atoms. The van der Waals surface area contributed by atoms with E-state index in [0.717, 1.165) is 6.42 Å². The molecular weight excluding hydrogens is 252 g/mol. The first-order valence-corrected chi connectivity index (χ1v) is 6.29. The summed E-state index contributed by atoms with van der Waals surface area (Å²) in [5, 5.41) is 23.0. The number of carbonyl (C=O) groups excluding carboxylic acids is 1. The van der Waals surface area contributed by atoms with E-state index in [2.05, 4.69) is 10.6 Å². The maximum atomic E-state index is 11.9. The molecule has 5 heteroatoms. The van der Waals surface area contributed by atoms with Gasteiger partial charge in [0, 0.05) is 12.1 Å². The van der Waals surface area contributed by atoms with E-state index in [4.69, 9.17) is 10.5 Å². The smallest absolute Gasteiger partial charge is 0.227 e. The van der Waals surface area contributed by atoms with Gasteiger partial charge < -0.3 is 10.6 Å². The normalized spacial score (nSPS) is 10.6. The summed E-state index contributed by atoms with van der Waals surface area (Å²) >= 11 is 0. The second-order valence-electron chi connectivity index (χ2n) is 4.27. The Morgan fingerprint density at radius 1 is 1.30 bits per heavy atom. The van der Waals surface area contributed by atoms with Crippen LogP contribution in [0.3, 0.4) is 0 Å². The fourth-order valence-electron chi connectivity index (χ4n) is 1.40. The van der Waals surface area contributed by atoms with Crippen molar-refractivity contribution < 1.29 is 4.79 Å². The fraction of sp³-hybridized carbons (Fsp3) is 0.267. The topological polar surface area (TPSA) is 88.7 Å². The van der Waals surface area contributed by atoms with Crippen molar-refractivity contribution in [2.45, 2.75) is 20.3 Å². The number of nitrogens with zero attached hydrogens (tertiary/aromatic N) is 2. The number of rotatable bonds is 5. The molecule has 1 atom stereocenters. The van der Waals surface area contributed by atoms with Crippen molar-refractivity contribution in [3.8, 4) is 12.1 Å². The van der Waals surface area contributed by atoms with Crippen LogP contribution in [0.25, 0.3) is 0 Å². The molecule has 0 radical (unpaired) electrons. The molecule has 1 unspecified atom stereocenters. The lowest BCUT2D eigenvalue weighted by atomic mass is 10.1. The predicted molar refractivity (Wildman–Crippen MR) is 77.5 cm³/mol. The number of nitriles is 2. The van der Waals surface area contributed by atoms with E-state index < -0.39 is 0 Å². The highest BCUT2D eigenvalue weighted by Gasteiger charge is 2.12. The quantitative estimate of drug-likeness (QED) is 0.803. The standard InChI is InChI=1S/C15H16N4O/c1-3-11(2)15(20)19-14-7-5-4-6-13(14)18-10-12(8-16)9-17/h4-7,10-11,18H,3H2,1-2H3,(H,19,20). The number of anilines is 2. The van der Waals surface area contributed by atoms with E-state index in [1.165, 1.54) is 6.20 Å². The van der Waals surface area contributed by atoms with E-state index in [-0.39, 0.29) is 17.4 Å². The fourth-order valence-corrected chi connectivity index (χ4v) is 1.40. The second kappa shape index (κ2) is 7.60. The monoisotopic (exact) mass is 268 g/mol. The average Bonchev–Trinajstić information content (AvgIpc) is 2.48. The Labute approximate surface area is 118 Å². The van der Waals surface area contributed by atoms with Crippen molar-refractivity contribution in [1.29, 1.82) is 10.5 Å². The molecule has 0 heterocycles. The van der Waals surface area contributed by atoms with E-state index >= 15 is 0 Å². The van der Waals surface area contributed by atoms with Crippen LogP contribution in [-0.2, 0) is 4.79 Å². The lowest BCUT2D eigenvalue weighted by molar-refractivity contribution is -0.119. The second-order valence-corrected chi connectivity index (χ2v) is 4.27. The zero-order valence-corrected chi connectivity index (χ0v) is 11.5. The minimum Gasteiger partial charge on any atom is -0.358 e. The molecule has 1 amide bonds. The Morgan fingerprint density at radius 2 is 1.90 bits per heavy atom. The highest BCUT2D eigenvalue weighted by Crippen LogP contribution is 2.22. The Hall–Kier alpha value is -2.79. The van der Waals surface area contributed by atoms with Gasteiger partial charge in [-0.2, -0.15) is 10.5 Å². The van der Waals surface area contributed by atoms with Gasteiger partial charge in [-0.05, 0) is 18.6 Å². The van der Waals surface area contributed by atoms with Crippen LogP contribution in [0.4, 0.5) is 11.4 Å². The number of nitrogens with one attached hydrogen (secondary N) is 2. The summed E-state index contributed by atoms with van der Waals surface area (Å²) < 4.78 is 0. The maximum absolute atomic E-state index is 11.9. The summed E-state index contributed by atoms with van der Waals surface area (Å²) in [6.07, 6.45) is 2.07. The summed E-state index contributed by atoms with van der Waals surface area (Å²) in [6, 6.07) is 10.6. The highest BCUT2D eigenvalue weighted by atomic mass is 16.1. The van der Waals surface area contributed by atoms with Crippen LogP contribution in [0.15, 0.2) is 36.0 Å². The maximum Gasteiger partial charge on any atom is 0.227 e. The largest absolute Gasteiger partial charge is 0.358 e. The van der Waals surface area contributed by atoms with Gasteiger partial charge in [-0.15, -0.1) is 0 Å². The predicted octanol–water partition coefficient (Wildman–Crippen LogP) is 3.01. The first-order chi connectivity index (χ1) is 9.62. The SMILES string of the molecule is CCC(C)C(=O)Nc1ccccc1NC=C(C#N)C#N. The Balaban J connectivity index is 2.90. The number of hydrogen-bond acceptors (Lipinski definition) is 4. The summed E-state index contributed by atoms with van der Waals surface area (Å²) in [7, 11) is 0. The van der Waals surface area contributed by atoms with E-state index in [9.17, 15) is 4.79 Å². The number of carbonyl (C=O) groups is 1. The third kappa shape index (κ3) is 4.15. The van der Waals surface area contributed by atoms with Crippen molar-refractivity contribution in [1.82, 2.24) is 0 Å². The molecule has 0 saturated heterocycles. The van der Waals surface area contributed by atoms with Crippen LogP contribution in [0.2, 0.25) is 0 Å². The number of hydrogen-bond donors (Lipinski definition) is 2. The molecule has 0 saturated carbocycles. The molecule has 0 bridgehead atoms. The van der Waals surface area contributed by atoms with Gasteiger partial charge in [-0.1, -0.05) is 26.0 Å². The zero-order chi connectivity index (χ0) is 15.0. The summed E-state index contributed by atoms with van der Waals surface area (Å²) in [4.78, 5) is 11.9. The van der Waals surface area contributed by atoms with Crippen LogP contribution < -0.4 is 10.6 Å². The Morgan fingerprint density at radius 3 is 2.45 bits per heavy atom. The molecule has 2 N–H and O–H groups in total. The molecule has 0 aliphatic heterocycles. The van der Waals surface area contributed by atoms with E-state index in [1.807, 2.05) is 13.8 Å². The van der Waals surface area contributed by atoms with Crippen molar-refractivity contribution in [3.63, 3.8) is 0 Å². The molecule has 0 fully saturated rings. The van der Waals surface area contributed by atoms with Gasteiger partial charge in [-0.25, -0.2) is 0 Å². The summed E-state index contributed by atoms with van der Waals surface area (Å²) in [6.45, 7) is 3.80. The van der Waals surface area contributed by atoms with Gasteiger partial charge in [-0.3, -0.25) is 4.79 Å². The van der Waals surface area contributed by atoms with Gasteiger partial charge in [0.15, 0.2) is 0 Å². The van der Waals surface area contributed by atoms with Gasteiger partial charge in [0.25, 0.3) is 0 Å². The molecule has 1 rings (SSSR count). The van der Waals surface area contributed by atoms with Crippen molar-refractivity contribution in [2.24, 2.45) is 5.92 Å². The molecule has 102 valence electrons. The van der Waals surface area contributed by atoms with Crippen LogP contribution in [0, 0.1) is 28.6 Å². The minimum atomic E-state index is -0.0765. The first-order valence-electron chi connectivity index (χ1n) is 6.29. The zero-order valence-electron chi connectivity index (χ0n) is 11.5. The molecule has 0 aromatic heterocycles. The first kappa shape index (κ1) is 15.3. The van der Waals surface area contributed by atoms with Crippen molar-refractivity contribution >= 4 is 17.3 Å². The van der Waals surface area contributed by atoms with Gasteiger partial charge in [0.05, 0.1) is 11.4 Å². The third-order valence-corrected chi connectivity index (χ3v) is 2.86. The van der Waals surface area contributed by atoms with E-state index in [1.54, 1.807) is 36.4 Å². The number of amides is 1. The van der Waals surface area contributed by atoms with Crippen LogP contribution in [0.1, 0.15) is 20.3 Å². The molecule has 0 aliphatic rings. The summed E-state index contributed by atoms with van der Waals surface area (Å²) in [5.74, 6) is -0.140. The third-order valence-electron chi connectivity index (χ3n) is 2.86. The molecule has 5 nitrogen and oxygen atoms in total.